The number of carboxylic acids is 1. The summed E-state index contributed by atoms with van der Waals surface area (Å²) in [6.07, 6.45) is 0. The van der Waals surface area contributed by atoms with Gasteiger partial charge in [0, 0.05) is 6.07 Å². The molecule has 1 heterocycles. The number of carboxylic acid groups (broad SMARTS) is 1. The summed E-state index contributed by atoms with van der Waals surface area (Å²) in [6.45, 7) is 0. The summed E-state index contributed by atoms with van der Waals surface area (Å²) in [4.78, 5) is 25.0. The van der Waals surface area contributed by atoms with E-state index in [1.54, 1.807) is 0 Å². The molecule has 0 unspecified atom stereocenters. The number of aromatic carboxylic acids is 1. The van der Waals surface area contributed by atoms with Crippen LogP contribution in [0, 0.1) is 10.1 Å². The van der Waals surface area contributed by atoms with E-state index in [2.05, 4.69) is 4.98 Å². The van der Waals surface area contributed by atoms with Crippen LogP contribution in [0.3, 0.4) is 0 Å². The maximum atomic E-state index is 11.0. The van der Waals surface area contributed by atoms with Gasteiger partial charge < -0.3 is 5.11 Å². The van der Waals surface area contributed by atoms with E-state index >= 15 is 0 Å². The Morgan fingerprint density at radius 1 is 1.35 bits per heavy atom. The Morgan fingerprint density at radius 3 is 2.65 bits per heavy atom. The molecule has 0 aliphatic rings. The molecule has 0 fully saturated rings. The Hall–Kier alpha value is -2.21. The fourth-order valence-corrected chi connectivity index (χ4v) is 1.66. The van der Waals surface area contributed by atoms with E-state index in [-0.39, 0.29) is 27.3 Å². The van der Waals surface area contributed by atoms with Gasteiger partial charge in [0.25, 0.3) is 5.69 Å². The van der Waals surface area contributed by atoms with Crippen molar-refractivity contribution in [2.45, 2.75) is 0 Å². The second-order valence-corrected chi connectivity index (χ2v) is 3.61. The monoisotopic (exact) mass is 252 g/mol. The molecule has 86 valence electrons. The predicted molar refractivity (Wildman–Crippen MR) is 60.4 cm³/mol. The van der Waals surface area contributed by atoms with Gasteiger partial charge in [0.1, 0.15) is 5.15 Å². The van der Waals surface area contributed by atoms with Crippen LogP contribution in [0.5, 0.6) is 0 Å². The highest BCUT2D eigenvalue weighted by atomic mass is 35.5. The maximum Gasteiger partial charge on any atom is 0.337 e. The van der Waals surface area contributed by atoms with Gasteiger partial charge in [-0.3, -0.25) is 10.1 Å². The molecule has 7 heteroatoms. The third-order valence-corrected chi connectivity index (χ3v) is 2.44. The fourth-order valence-electron chi connectivity index (χ4n) is 1.51. The number of hydrogen-bond acceptors (Lipinski definition) is 4. The standard InChI is InChI=1S/C10H5ClN2O4/c11-8-4-2-5-7(13(16)17)3-1-6(10(14)15)9(5)12-8/h1-4H,(H,14,15). The third-order valence-electron chi connectivity index (χ3n) is 2.23. The maximum absolute atomic E-state index is 11.0. The van der Waals surface area contributed by atoms with Crippen molar-refractivity contribution in [3.63, 3.8) is 0 Å². The van der Waals surface area contributed by atoms with Crippen molar-refractivity contribution in [3.05, 3.63) is 45.1 Å². The van der Waals surface area contributed by atoms with E-state index in [0.29, 0.717) is 0 Å². The van der Waals surface area contributed by atoms with E-state index in [1.807, 2.05) is 0 Å². The van der Waals surface area contributed by atoms with E-state index in [0.717, 1.165) is 12.1 Å². The summed E-state index contributed by atoms with van der Waals surface area (Å²) < 4.78 is 0. The van der Waals surface area contributed by atoms with Crippen molar-refractivity contribution < 1.29 is 14.8 Å². The minimum absolute atomic E-state index is 0.0131. The summed E-state index contributed by atoms with van der Waals surface area (Å²) in [5.74, 6) is -1.21. The molecule has 0 atom stereocenters. The lowest BCUT2D eigenvalue weighted by atomic mass is 10.1. The summed E-state index contributed by atoms with van der Waals surface area (Å²) in [6, 6.07) is 5.05. The number of fused-ring (bicyclic) bond motifs is 1. The first-order chi connectivity index (χ1) is 8.00. The Balaban J connectivity index is 2.90. The SMILES string of the molecule is O=C(O)c1ccc([N+](=O)[O-])c2ccc(Cl)nc12. The minimum atomic E-state index is -1.21. The van der Waals surface area contributed by atoms with Crippen LogP contribution >= 0.6 is 11.6 Å². The van der Waals surface area contributed by atoms with Gasteiger partial charge >= 0.3 is 5.97 Å². The highest BCUT2D eigenvalue weighted by Crippen LogP contribution is 2.28. The van der Waals surface area contributed by atoms with Gasteiger partial charge in [-0.15, -0.1) is 0 Å². The average molecular weight is 253 g/mol. The van der Waals surface area contributed by atoms with Crippen molar-refractivity contribution in [2.75, 3.05) is 0 Å². The van der Waals surface area contributed by atoms with Gasteiger partial charge in [-0.1, -0.05) is 11.6 Å². The first kappa shape index (κ1) is 11.3. The van der Waals surface area contributed by atoms with Gasteiger partial charge in [0.05, 0.1) is 21.4 Å². The molecular weight excluding hydrogens is 248 g/mol. The first-order valence-corrected chi connectivity index (χ1v) is 4.85. The molecule has 6 nitrogen and oxygen atoms in total. The zero-order valence-corrected chi connectivity index (χ0v) is 9.01. The zero-order chi connectivity index (χ0) is 12.6. The first-order valence-electron chi connectivity index (χ1n) is 4.47. The number of non-ortho nitro benzene ring substituents is 1. The van der Waals surface area contributed by atoms with Crippen molar-refractivity contribution in [1.29, 1.82) is 0 Å². The highest BCUT2D eigenvalue weighted by molar-refractivity contribution is 6.30. The molecule has 0 amide bonds. The zero-order valence-electron chi connectivity index (χ0n) is 8.25. The molecule has 0 aliphatic carbocycles. The molecule has 0 saturated carbocycles. The van der Waals surface area contributed by atoms with Crippen molar-refractivity contribution >= 4 is 34.2 Å². The number of halogens is 1. The van der Waals surface area contributed by atoms with Crippen LogP contribution < -0.4 is 0 Å². The van der Waals surface area contributed by atoms with Gasteiger partial charge in [-0.05, 0) is 18.2 Å². The lowest BCUT2D eigenvalue weighted by Gasteiger charge is -2.02. The molecule has 2 aromatic rings. The second-order valence-electron chi connectivity index (χ2n) is 3.22. The quantitative estimate of drug-likeness (QED) is 0.503. The van der Waals surface area contributed by atoms with Crippen LogP contribution in [0.4, 0.5) is 5.69 Å². The fraction of sp³-hybridized carbons (Fsp3) is 0. The molecule has 0 aliphatic heterocycles. The van der Waals surface area contributed by atoms with Crippen molar-refractivity contribution in [3.8, 4) is 0 Å². The van der Waals surface area contributed by atoms with Crippen molar-refractivity contribution in [1.82, 2.24) is 4.98 Å². The number of rotatable bonds is 2. The van der Waals surface area contributed by atoms with Gasteiger partial charge in [-0.2, -0.15) is 0 Å². The largest absolute Gasteiger partial charge is 0.478 e. The predicted octanol–water partition coefficient (Wildman–Crippen LogP) is 2.49. The van der Waals surface area contributed by atoms with Crippen LogP contribution in [0.15, 0.2) is 24.3 Å². The minimum Gasteiger partial charge on any atom is -0.478 e. The molecular formula is C10H5ClN2O4. The van der Waals surface area contributed by atoms with Crippen LogP contribution in [0.2, 0.25) is 5.15 Å². The lowest BCUT2D eigenvalue weighted by Crippen LogP contribution is -2.01. The smallest absolute Gasteiger partial charge is 0.337 e. The summed E-state index contributed by atoms with van der Waals surface area (Å²) in [5.41, 5.74) is -0.304. The molecule has 1 aromatic carbocycles. The number of hydrogen-bond donors (Lipinski definition) is 1. The van der Waals surface area contributed by atoms with Crippen LogP contribution in [0.25, 0.3) is 10.9 Å². The number of nitro benzene ring substituents is 1. The molecule has 1 N–H and O–H groups in total. The lowest BCUT2D eigenvalue weighted by molar-refractivity contribution is -0.383. The summed E-state index contributed by atoms with van der Waals surface area (Å²) >= 11 is 5.65. The number of aromatic nitrogens is 1. The molecule has 2 rings (SSSR count). The molecule has 1 aromatic heterocycles. The van der Waals surface area contributed by atoms with Crippen LogP contribution in [0.1, 0.15) is 10.4 Å². The molecule has 0 spiro atoms. The van der Waals surface area contributed by atoms with Crippen LogP contribution in [-0.4, -0.2) is 21.0 Å². The second kappa shape index (κ2) is 3.99. The number of benzene rings is 1. The number of nitrogens with zero attached hydrogens (tertiary/aromatic N) is 2. The number of nitro groups is 1. The number of pyridine rings is 1. The summed E-state index contributed by atoms with van der Waals surface area (Å²) in [5, 5.41) is 20.0. The highest BCUT2D eigenvalue weighted by Gasteiger charge is 2.18. The normalized spacial score (nSPS) is 10.4. The van der Waals surface area contributed by atoms with E-state index in [4.69, 9.17) is 16.7 Å². The van der Waals surface area contributed by atoms with E-state index in [9.17, 15) is 14.9 Å². The van der Waals surface area contributed by atoms with Gasteiger partial charge in [0.2, 0.25) is 0 Å². The third kappa shape index (κ3) is 1.90. The molecule has 0 radical (unpaired) electrons. The van der Waals surface area contributed by atoms with E-state index in [1.165, 1.54) is 12.1 Å². The van der Waals surface area contributed by atoms with Crippen molar-refractivity contribution in [2.24, 2.45) is 0 Å². The van der Waals surface area contributed by atoms with Crippen LogP contribution in [-0.2, 0) is 0 Å². The Kier molecular flexibility index (Phi) is 2.64. The molecule has 0 bridgehead atoms. The van der Waals surface area contributed by atoms with Gasteiger partial charge in [-0.25, -0.2) is 9.78 Å². The Morgan fingerprint density at radius 2 is 2.06 bits per heavy atom. The Bertz CT molecular complexity index is 641. The topological polar surface area (TPSA) is 93.3 Å². The summed E-state index contributed by atoms with van der Waals surface area (Å²) in [7, 11) is 0. The average Bonchev–Trinajstić information content (AvgIpc) is 2.26. The Labute approximate surface area is 99.6 Å². The van der Waals surface area contributed by atoms with Gasteiger partial charge in [0.15, 0.2) is 0 Å². The van der Waals surface area contributed by atoms with E-state index < -0.39 is 10.9 Å². The molecule has 0 saturated heterocycles. The molecule has 17 heavy (non-hydrogen) atoms. The number of carbonyl (C=O) groups is 1.